The third kappa shape index (κ3) is 5.61. The van der Waals surface area contributed by atoms with Crippen molar-refractivity contribution in [3.63, 3.8) is 0 Å². The zero-order valence-corrected chi connectivity index (χ0v) is 16.0. The van der Waals surface area contributed by atoms with Gasteiger partial charge in [0.2, 0.25) is 11.8 Å². The Bertz CT molecular complexity index is 725. The molecule has 0 spiro atoms. The van der Waals surface area contributed by atoms with Crippen LogP contribution in [0.3, 0.4) is 0 Å². The molecule has 134 valence electrons. The van der Waals surface area contributed by atoms with Crippen molar-refractivity contribution in [3.05, 3.63) is 46.0 Å². The van der Waals surface area contributed by atoms with Crippen LogP contribution in [0.25, 0.3) is 0 Å². The normalized spacial score (nSPS) is 16.4. The largest absolute Gasteiger partial charge is 0.350 e. The van der Waals surface area contributed by atoms with Crippen molar-refractivity contribution in [1.82, 2.24) is 10.2 Å². The fourth-order valence-electron chi connectivity index (χ4n) is 2.08. The summed E-state index contributed by atoms with van der Waals surface area (Å²) in [6.45, 7) is 5.67. The molecule has 0 bridgehead atoms. The molecule has 1 heterocycles. The average molecular weight is 381 g/mol. The predicted molar refractivity (Wildman–Crippen MR) is 100 cm³/mol. The van der Waals surface area contributed by atoms with Crippen molar-refractivity contribution in [2.45, 2.75) is 27.3 Å². The summed E-state index contributed by atoms with van der Waals surface area (Å²) in [6, 6.07) is 7.20. The van der Waals surface area contributed by atoms with E-state index in [1.165, 1.54) is 22.7 Å². The standard InChI is InChI=1S/C18H21ClN2O3S/c1-18(2,3)14(22)8-17-21(16(24)11-25-17)10-15(23)20-9-12-5-4-6-13(19)7-12/h4-8H,9-11H2,1-3H3,(H,20,23). The highest BCUT2D eigenvalue weighted by atomic mass is 35.5. The molecule has 1 N–H and O–H groups in total. The molecule has 25 heavy (non-hydrogen) atoms. The summed E-state index contributed by atoms with van der Waals surface area (Å²) < 4.78 is 0. The molecule has 1 aliphatic heterocycles. The second-order valence-corrected chi connectivity index (χ2v) is 8.20. The average Bonchev–Trinajstić information content (AvgIpc) is 2.85. The number of hydrogen-bond acceptors (Lipinski definition) is 4. The number of amides is 2. The van der Waals surface area contributed by atoms with Gasteiger partial charge in [-0.2, -0.15) is 0 Å². The van der Waals surface area contributed by atoms with Crippen molar-refractivity contribution in [2.24, 2.45) is 5.41 Å². The van der Waals surface area contributed by atoms with Crippen LogP contribution in [0, 0.1) is 5.41 Å². The number of carbonyl (C=O) groups excluding carboxylic acids is 3. The van der Waals surface area contributed by atoms with Crippen LogP contribution < -0.4 is 5.32 Å². The number of carbonyl (C=O) groups is 3. The van der Waals surface area contributed by atoms with E-state index >= 15 is 0 Å². The molecule has 1 fully saturated rings. The number of rotatable bonds is 5. The Hall–Kier alpha value is -1.79. The van der Waals surface area contributed by atoms with Gasteiger partial charge in [0.15, 0.2) is 5.78 Å². The molecule has 0 saturated carbocycles. The summed E-state index contributed by atoms with van der Waals surface area (Å²) in [5.41, 5.74) is 0.348. The van der Waals surface area contributed by atoms with Crippen molar-refractivity contribution < 1.29 is 14.4 Å². The van der Waals surface area contributed by atoms with Crippen LogP contribution in [0.1, 0.15) is 26.3 Å². The van der Waals surface area contributed by atoms with Crippen molar-refractivity contribution in [2.75, 3.05) is 12.3 Å². The molecule has 0 aliphatic carbocycles. The number of hydrogen-bond donors (Lipinski definition) is 1. The van der Waals surface area contributed by atoms with E-state index in [4.69, 9.17) is 11.6 Å². The van der Waals surface area contributed by atoms with Gasteiger partial charge >= 0.3 is 0 Å². The number of halogens is 1. The first kappa shape index (κ1) is 19.5. The van der Waals surface area contributed by atoms with E-state index < -0.39 is 5.41 Å². The summed E-state index contributed by atoms with van der Waals surface area (Å²) in [4.78, 5) is 37.7. The monoisotopic (exact) mass is 380 g/mol. The van der Waals surface area contributed by atoms with Gasteiger partial charge < -0.3 is 5.32 Å². The molecule has 1 saturated heterocycles. The van der Waals surface area contributed by atoms with Gasteiger partial charge in [-0.3, -0.25) is 19.3 Å². The maximum atomic E-state index is 12.2. The smallest absolute Gasteiger partial charge is 0.240 e. The fraction of sp³-hybridized carbons (Fsp3) is 0.389. The third-order valence-corrected chi connectivity index (χ3v) is 4.85. The minimum absolute atomic E-state index is 0.0750. The number of allylic oxidation sites excluding steroid dienone is 1. The third-order valence-electron chi connectivity index (χ3n) is 3.58. The van der Waals surface area contributed by atoms with Crippen molar-refractivity contribution >= 4 is 41.0 Å². The van der Waals surface area contributed by atoms with E-state index in [-0.39, 0.29) is 29.9 Å². The number of nitrogens with one attached hydrogen (secondary N) is 1. The van der Waals surface area contributed by atoms with E-state index in [2.05, 4.69) is 5.32 Å². The molecule has 5 nitrogen and oxygen atoms in total. The Morgan fingerprint density at radius 1 is 1.36 bits per heavy atom. The molecular formula is C18H21ClN2O3S. The molecule has 0 atom stereocenters. The highest BCUT2D eigenvalue weighted by Gasteiger charge is 2.30. The number of benzene rings is 1. The lowest BCUT2D eigenvalue weighted by atomic mass is 9.91. The van der Waals surface area contributed by atoms with E-state index in [1.807, 2.05) is 32.9 Å². The van der Waals surface area contributed by atoms with Gasteiger partial charge in [-0.05, 0) is 17.7 Å². The minimum Gasteiger partial charge on any atom is -0.350 e. The van der Waals surface area contributed by atoms with Gasteiger partial charge in [-0.1, -0.05) is 56.3 Å². The van der Waals surface area contributed by atoms with Crippen LogP contribution >= 0.6 is 23.4 Å². The lowest BCUT2D eigenvalue weighted by Gasteiger charge is -2.19. The van der Waals surface area contributed by atoms with Gasteiger partial charge in [0, 0.05) is 23.1 Å². The van der Waals surface area contributed by atoms with Gasteiger partial charge in [-0.25, -0.2) is 0 Å². The molecular weight excluding hydrogens is 360 g/mol. The van der Waals surface area contributed by atoms with Crippen LogP contribution in [0.4, 0.5) is 0 Å². The number of ketones is 1. The molecule has 7 heteroatoms. The Morgan fingerprint density at radius 3 is 2.72 bits per heavy atom. The zero-order valence-electron chi connectivity index (χ0n) is 14.5. The molecule has 0 radical (unpaired) electrons. The second-order valence-electron chi connectivity index (χ2n) is 6.77. The topological polar surface area (TPSA) is 66.5 Å². The Morgan fingerprint density at radius 2 is 2.08 bits per heavy atom. The SMILES string of the molecule is CC(C)(C)C(=O)C=C1SCC(=O)N1CC(=O)NCc1cccc(Cl)c1. The molecule has 1 aliphatic rings. The fourth-order valence-corrected chi connectivity index (χ4v) is 3.23. The summed E-state index contributed by atoms with van der Waals surface area (Å²) in [5, 5.41) is 3.90. The minimum atomic E-state index is -0.528. The van der Waals surface area contributed by atoms with Crippen molar-refractivity contribution in [3.8, 4) is 0 Å². The predicted octanol–water partition coefficient (Wildman–Crippen LogP) is 2.99. The Balaban J connectivity index is 1.99. The number of thioether (sulfide) groups is 1. The van der Waals surface area contributed by atoms with E-state index in [9.17, 15) is 14.4 Å². The summed E-state index contributed by atoms with van der Waals surface area (Å²) in [5.74, 6) is -0.292. The highest BCUT2D eigenvalue weighted by molar-refractivity contribution is 8.04. The van der Waals surface area contributed by atoms with E-state index in [1.54, 1.807) is 12.1 Å². The maximum Gasteiger partial charge on any atom is 0.240 e. The van der Waals surface area contributed by atoms with Gasteiger partial charge in [0.05, 0.1) is 10.8 Å². The van der Waals surface area contributed by atoms with Gasteiger partial charge in [0.1, 0.15) is 6.54 Å². The molecule has 0 unspecified atom stereocenters. The van der Waals surface area contributed by atoms with Gasteiger partial charge in [-0.15, -0.1) is 0 Å². The maximum absolute atomic E-state index is 12.2. The van der Waals surface area contributed by atoms with Crippen LogP contribution in [-0.2, 0) is 20.9 Å². The zero-order chi connectivity index (χ0) is 18.6. The highest BCUT2D eigenvalue weighted by Crippen LogP contribution is 2.30. The quantitative estimate of drug-likeness (QED) is 0.797. The second kappa shape index (κ2) is 8.06. The van der Waals surface area contributed by atoms with Gasteiger partial charge in [0.25, 0.3) is 0 Å². The van der Waals surface area contributed by atoms with Crippen LogP contribution in [0.15, 0.2) is 35.4 Å². The molecule has 2 amide bonds. The van der Waals surface area contributed by atoms with Crippen LogP contribution in [-0.4, -0.2) is 34.8 Å². The molecule has 1 aromatic carbocycles. The van der Waals surface area contributed by atoms with Crippen LogP contribution in [0.2, 0.25) is 5.02 Å². The van der Waals surface area contributed by atoms with E-state index in [0.29, 0.717) is 16.6 Å². The summed E-state index contributed by atoms with van der Waals surface area (Å²) in [7, 11) is 0. The Kier molecular flexibility index (Phi) is 6.30. The summed E-state index contributed by atoms with van der Waals surface area (Å²) >= 11 is 7.19. The molecule has 1 aromatic rings. The molecule has 0 aromatic heterocycles. The lowest BCUT2D eigenvalue weighted by Crippen LogP contribution is -2.37. The Labute approximate surface area is 156 Å². The number of nitrogens with zero attached hydrogens (tertiary/aromatic N) is 1. The first-order valence-electron chi connectivity index (χ1n) is 7.87. The molecule has 2 rings (SSSR count). The lowest BCUT2D eigenvalue weighted by molar-refractivity contribution is -0.131. The van der Waals surface area contributed by atoms with Crippen LogP contribution in [0.5, 0.6) is 0 Å². The summed E-state index contributed by atoms with van der Waals surface area (Å²) in [6.07, 6.45) is 1.46. The first-order valence-corrected chi connectivity index (χ1v) is 9.23. The first-order chi connectivity index (χ1) is 11.7. The van der Waals surface area contributed by atoms with E-state index in [0.717, 1.165) is 5.56 Å². The van der Waals surface area contributed by atoms with Crippen molar-refractivity contribution in [1.29, 1.82) is 0 Å².